The number of ether oxygens (including phenoxy) is 1. The minimum atomic E-state index is 0.310. The molecule has 0 saturated heterocycles. The van der Waals surface area contributed by atoms with Crippen molar-refractivity contribution in [3.63, 3.8) is 0 Å². The third kappa shape index (κ3) is 2.49. The summed E-state index contributed by atoms with van der Waals surface area (Å²) in [6, 6.07) is 17.0. The van der Waals surface area contributed by atoms with Gasteiger partial charge < -0.3 is 9.15 Å². The molecule has 0 radical (unpaired) electrons. The Bertz CT molecular complexity index is 823. The first-order valence-electron chi connectivity index (χ1n) is 6.42. The van der Waals surface area contributed by atoms with E-state index in [-0.39, 0.29) is 0 Å². The van der Waals surface area contributed by atoms with Crippen LogP contribution in [-0.2, 0) is 0 Å². The number of hydrogen-bond acceptors (Lipinski definition) is 4. The molecule has 0 fully saturated rings. The molecule has 0 unspecified atom stereocenters. The molecule has 1 heterocycles. The van der Waals surface area contributed by atoms with Crippen LogP contribution in [-0.4, -0.2) is 12.1 Å². The Balaban J connectivity index is 2.09. The van der Waals surface area contributed by atoms with Crippen molar-refractivity contribution in [2.24, 2.45) is 0 Å². The molecule has 0 bridgehead atoms. The van der Waals surface area contributed by atoms with Gasteiger partial charge in [0.05, 0.1) is 7.11 Å². The van der Waals surface area contributed by atoms with Crippen LogP contribution in [0.25, 0.3) is 22.7 Å². The largest absolute Gasteiger partial charge is 0.496 e. The molecule has 0 aliphatic heterocycles. The van der Waals surface area contributed by atoms with E-state index in [1.807, 2.05) is 48.5 Å². The van der Waals surface area contributed by atoms with Crippen LogP contribution < -0.4 is 4.74 Å². The van der Waals surface area contributed by atoms with Crippen molar-refractivity contribution in [1.29, 1.82) is 5.26 Å². The van der Waals surface area contributed by atoms with Gasteiger partial charge in [0.2, 0.25) is 5.89 Å². The number of nitriles is 1. The lowest BCUT2D eigenvalue weighted by atomic mass is 10.1. The highest BCUT2D eigenvalue weighted by Crippen LogP contribution is 2.25. The maximum atomic E-state index is 9.37. The molecule has 3 rings (SSSR count). The molecule has 0 spiro atoms. The third-order valence-electron chi connectivity index (χ3n) is 3.08. The van der Waals surface area contributed by atoms with Gasteiger partial charge in [0.15, 0.2) is 5.58 Å². The van der Waals surface area contributed by atoms with Crippen LogP contribution in [0.4, 0.5) is 0 Å². The maximum Gasteiger partial charge on any atom is 0.238 e. The molecule has 0 aliphatic carbocycles. The Morgan fingerprint density at radius 1 is 1.19 bits per heavy atom. The second kappa shape index (κ2) is 5.51. The molecule has 0 saturated carbocycles. The predicted octanol–water partition coefficient (Wildman–Crippen LogP) is 3.90. The summed E-state index contributed by atoms with van der Waals surface area (Å²) in [5, 5.41) is 9.37. The molecule has 102 valence electrons. The lowest BCUT2D eigenvalue weighted by Gasteiger charge is -2.03. The van der Waals surface area contributed by atoms with E-state index in [0.717, 1.165) is 11.1 Å². The predicted molar refractivity (Wildman–Crippen MR) is 80.5 cm³/mol. The molecule has 0 N–H and O–H groups in total. The van der Waals surface area contributed by atoms with Crippen molar-refractivity contribution in [3.8, 4) is 11.8 Å². The summed E-state index contributed by atoms with van der Waals surface area (Å²) in [6.45, 7) is 0. The fourth-order valence-corrected chi connectivity index (χ4v) is 2.07. The van der Waals surface area contributed by atoms with E-state index >= 15 is 0 Å². The zero-order chi connectivity index (χ0) is 14.7. The highest BCUT2D eigenvalue weighted by molar-refractivity contribution is 5.89. The molecule has 0 atom stereocenters. The Morgan fingerprint density at radius 2 is 1.95 bits per heavy atom. The van der Waals surface area contributed by atoms with Crippen LogP contribution in [0.5, 0.6) is 5.75 Å². The first-order chi connectivity index (χ1) is 10.3. The van der Waals surface area contributed by atoms with Crippen molar-refractivity contribution in [2.45, 2.75) is 0 Å². The number of oxazole rings is 1. The summed E-state index contributed by atoms with van der Waals surface area (Å²) in [6.07, 6.45) is 1.71. The first-order valence-corrected chi connectivity index (χ1v) is 6.42. The van der Waals surface area contributed by atoms with Crippen molar-refractivity contribution in [3.05, 3.63) is 60.0 Å². The van der Waals surface area contributed by atoms with Gasteiger partial charge in [-0.05, 0) is 24.3 Å². The van der Waals surface area contributed by atoms with E-state index in [1.165, 1.54) is 0 Å². The normalized spacial score (nSPS) is 11.3. The van der Waals surface area contributed by atoms with E-state index in [1.54, 1.807) is 13.2 Å². The number of fused-ring (bicyclic) bond motifs is 1. The van der Waals surface area contributed by atoms with Crippen molar-refractivity contribution < 1.29 is 9.15 Å². The van der Waals surface area contributed by atoms with E-state index in [9.17, 15) is 5.26 Å². The Kier molecular flexibility index (Phi) is 3.40. The monoisotopic (exact) mass is 276 g/mol. The average Bonchev–Trinajstić information content (AvgIpc) is 2.96. The summed E-state index contributed by atoms with van der Waals surface area (Å²) in [7, 11) is 1.60. The van der Waals surface area contributed by atoms with Gasteiger partial charge in [-0.2, -0.15) is 5.26 Å². The number of allylic oxidation sites excluding steroid dienone is 1. The summed E-state index contributed by atoms with van der Waals surface area (Å²) in [5.41, 5.74) is 2.55. The summed E-state index contributed by atoms with van der Waals surface area (Å²) in [5.74, 6) is 1.01. The number of rotatable bonds is 3. The zero-order valence-corrected chi connectivity index (χ0v) is 11.4. The molecule has 2 aromatic carbocycles. The molecule has 21 heavy (non-hydrogen) atoms. The van der Waals surface area contributed by atoms with Crippen LogP contribution in [0.3, 0.4) is 0 Å². The highest BCUT2D eigenvalue weighted by atomic mass is 16.5. The molecule has 3 aromatic rings. The van der Waals surface area contributed by atoms with E-state index in [0.29, 0.717) is 22.8 Å². The second-order valence-electron chi connectivity index (χ2n) is 4.40. The van der Waals surface area contributed by atoms with E-state index in [4.69, 9.17) is 9.15 Å². The van der Waals surface area contributed by atoms with E-state index < -0.39 is 0 Å². The maximum absolute atomic E-state index is 9.37. The quantitative estimate of drug-likeness (QED) is 0.681. The van der Waals surface area contributed by atoms with Gasteiger partial charge in [0.1, 0.15) is 22.9 Å². The molecule has 4 heteroatoms. The minimum Gasteiger partial charge on any atom is -0.496 e. The smallest absolute Gasteiger partial charge is 0.238 e. The van der Waals surface area contributed by atoms with Crippen LogP contribution in [0.15, 0.2) is 52.9 Å². The van der Waals surface area contributed by atoms with Gasteiger partial charge in [-0.25, -0.2) is 4.98 Å². The lowest BCUT2D eigenvalue weighted by Crippen LogP contribution is -1.87. The molecular weight excluding hydrogens is 264 g/mol. The number of hydrogen-bond donors (Lipinski definition) is 0. The number of nitrogens with zero attached hydrogens (tertiary/aromatic N) is 2. The van der Waals surface area contributed by atoms with Crippen LogP contribution >= 0.6 is 0 Å². The Labute approximate surface area is 121 Å². The summed E-state index contributed by atoms with van der Waals surface area (Å²) < 4.78 is 10.9. The second-order valence-corrected chi connectivity index (χ2v) is 4.40. The van der Waals surface area contributed by atoms with Crippen molar-refractivity contribution in [2.75, 3.05) is 7.11 Å². The average molecular weight is 276 g/mol. The van der Waals surface area contributed by atoms with Crippen LogP contribution in [0, 0.1) is 11.3 Å². The molecular formula is C17H12N2O2. The molecule has 4 nitrogen and oxygen atoms in total. The fraction of sp³-hybridized carbons (Fsp3) is 0.0588. The van der Waals surface area contributed by atoms with Gasteiger partial charge in [-0.3, -0.25) is 0 Å². The van der Waals surface area contributed by atoms with Crippen molar-refractivity contribution in [1.82, 2.24) is 4.98 Å². The van der Waals surface area contributed by atoms with Gasteiger partial charge in [0.25, 0.3) is 0 Å². The van der Waals surface area contributed by atoms with Gasteiger partial charge in [0, 0.05) is 5.56 Å². The fourth-order valence-electron chi connectivity index (χ4n) is 2.07. The van der Waals surface area contributed by atoms with Crippen LogP contribution in [0.2, 0.25) is 0 Å². The van der Waals surface area contributed by atoms with Gasteiger partial charge >= 0.3 is 0 Å². The molecule has 0 aliphatic rings. The number of para-hydroxylation sites is 3. The van der Waals surface area contributed by atoms with Crippen LogP contribution in [0.1, 0.15) is 11.5 Å². The summed E-state index contributed by atoms with van der Waals surface area (Å²) >= 11 is 0. The third-order valence-corrected chi connectivity index (χ3v) is 3.08. The topological polar surface area (TPSA) is 59.0 Å². The zero-order valence-electron chi connectivity index (χ0n) is 11.4. The number of methoxy groups -OCH3 is 1. The molecule has 0 amide bonds. The summed E-state index contributed by atoms with van der Waals surface area (Å²) in [4.78, 5) is 4.34. The van der Waals surface area contributed by atoms with Gasteiger partial charge in [-0.15, -0.1) is 0 Å². The SMILES string of the molecule is COc1ccccc1/C=C(/C#N)c1nc2ccccc2o1. The Hall–Kier alpha value is -3.06. The highest BCUT2D eigenvalue weighted by Gasteiger charge is 2.11. The first kappa shape index (κ1) is 12.9. The lowest BCUT2D eigenvalue weighted by molar-refractivity contribution is 0.414. The van der Waals surface area contributed by atoms with Gasteiger partial charge in [-0.1, -0.05) is 30.3 Å². The standard InChI is InChI=1S/C17H12N2O2/c1-20-15-8-4-2-6-12(15)10-13(11-18)17-19-14-7-3-5-9-16(14)21-17/h2-10H,1H3/b13-10-. The van der Waals surface area contributed by atoms with Crippen molar-refractivity contribution >= 4 is 22.7 Å². The van der Waals surface area contributed by atoms with E-state index in [2.05, 4.69) is 11.1 Å². The number of benzene rings is 2. The molecule has 1 aromatic heterocycles. The Morgan fingerprint density at radius 3 is 2.71 bits per heavy atom. The number of aromatic nitrogens is 1. The minimum absolute atomic E-state index is 0.310.